The van der Waals surface area contributed by atoms with Crippen LogP contribution in [-0.2, 0) is 24.2 Å². The molecule has 110 valence electrons. The van der Waals surface area contributed by atoms with Gasteiger partial charge in [0.15, 0.2) is 0 Å². The molecule has 1 fully saturated rings. The lowest BCUT2D eigenvalue weighted by molar-refractivity contribution is -0.119. The van der Waals surface area contributed by atoms with Crippen LogP contribution in [0.5, 0.6) is 0 Å². The van der Waals surface area contributed by atoms with E-state index in [1.807, 2.05) is 10.7 Å². The molecule has 2 aromatic rings. The zero-order valence-corrected chi connectivity index (χ0v) is 12.7. The third-order valence-electron chi connectivity index (χ3n) is 4.36. The molecule has 1 saturated carbocycles. The third kappa shape index (κ3) is 2.92. The number of hydrogen-bond donors (Lipinski definition) is 0. The second-order valence-corrected chi connectivity index (χ2v) is 5.80. The molecule has 0 bridgehead atoms. The highest BCUT2D eigenvalue weighted by Crippen LogP contribution is 2.48. The molecule has 0 spiro atoms. The van der Waals surface area contributed by atoms with Crippen molar-refractivity contribution in [2.24, 2.45) is 5.92 Å². The number of carbonyl (C=O) groups is 1. The van der Waals surface area contributed by atoms with Gasteiger partial charge < -0.3 is 0 Å². The summed E-state index contributed by atoms with van der Waals surface area (Å²) in [7, 11) is 0. The Kier molecular flexibility index (Phi) is 3.91. The molecule has 0 N–H and O–H groups in total. The summed E-state index contributed by atoms with van der Waals surface area (Å²) >= 11 is 0. The van der Waals surface area contributed by atoms with Gasteiger partial charge in [-0.25, -0.2) is 0 Å². The van der Waals surface area contributed by atoms with E-state index in [0.717, 1.165) is 30.8 Å². The zero-order valence-electron chi connectivity index (χ0n) is 12.7. The molecule has 2 atom stereocenters. The molecule has 0 saturated heterocycles. The minimum Gasteiger partial charge on any atom is -0.299 e. The molecule has 0 aliphatic heterocycles. The van der Waals surface area contributed by atoms with Crippen molar-refractivity contribution in [2.45, 2.75) is 45.6 Å². The summed E-state index contributed by atoms with van der Waals surface area (Å²) in [5, 5.41) is 4.52. The van der Waals surface area contributed by atoms with Crippen molar-refractivity contribution < 1.29 is 4.79 Å². The van der Waals surface area contributed by atoms with Crippen molar-refractivity contribution in [3.05, 3.63) is 53.3 Å². The molecule has 21 heavy (non-hydrogen) atoms. The number of ketones is 1. The van der Waals surface area contributed by atoms with E-state index < -0.39 is 0 Å². The average Bonchev–Trinajstić information content (AvgIpc) is 3.23. The van der Waals surface area contributed by atoms with Crippen molar-refractivity contribution in [3.8, 4) is 0 Å². The number of aryl methyl sites for hydroxylation is 2. The summed E-state index contributed by atoms with van der Waals surface area (Å²) in [4.78, 5) is 12.5. The van der Waals surface area contributed by atoms with Crippen molar-refractivity contribution in [3.63, 3.8) is 0 Å². The maximum absolute atomic E-state index is 12.5. The fourth-order valence-corrected chi connectivity index (χ4v) is 3.03. The lowest BCUT2D eigenvalue weighted by Gasteiger charge is -2.04. The van der Waals surface area contributed by atoms with E-state index in [0.29, 0.717) is 18.1 Å². The van der Waals surface area contributed by atoms with Crippen LogP contribution in [0.4, 0.5) is 0 Å². The Labute approximate surface area is 126 Å². The Hall–Kier alpha value is -1.90. The predicted molar refractivity (Wildman–Crippen MR) is 83.3 cm³/mol. The topological polar surface area (TPSA) is 34.9 Å². The van der Waals surface area contributed by atoms with Crippen molar-refractivity contribution in [1.29, 1.82) is 0 Å². The van der Waals surface area contributed by atoms with Gasteiger partial charge in [0.1, 0.15) is 5.78 Å². The standard InChI is InChI=1S/C18H22N2O/c1-3-14-10-15(20(4-2)19-14)11-18(21)17-12-16(17)13-8-6-5-7-9-13/h5-10,16-17H,3-4,11-12H2,1-2H3. The Morgan fingerprint density at radius 1 is 1.29 bits per heavy atom. The van der Waals surface area contributed by atoms with Gasteiger partial charge in [-0.1, -0.05) is 37.3 Å². The largest absolute Gasteiger partial charge is 0.299 e. The number of carbonyl (C=O) groups excluding carboxylic acids is 1. The lowest BCUT2D eigenvalue weighted by Crippen LogP contribution is -2.11. The molecule has 3 rings (SSSR count). The SMILES string of the molecule is CCc1cc(CC(=O)C2CC2c2ccccc2)n(CC)n1. The van der Waals surface area contributed by atoms with Crippen LogP contribution in [0.2, 0.25) is 0 Å². The highest BCUT2D eigenvalue weighted by atomic mass is 16.1. The number of nitrogens with zero attached hydrogens (tertiary/aromatic N) is 2. The number of Topliss-reactive ketones (excluding diaryl/α,β-unsaturated/α-hetero) is 1. The number of aromatic nitrogens is 2. The maximum Gasteiger partial charge on any atom is 0.142 e. The fourth-order valence-electron chi connectivity index (χ4n) is 3.03. The number of hydrogen-bond acceptors (Lipinski definition) is 2. The molecule has 1 aliphatic rings. The molecular formula is C18H22N2O. The average molecular weight is 282 g/mol. The molecule has 3 heteroatoms. The van der Waals surface area contributed by atoms with Crippen LogP contribution < -0.4 is 0 Å². The van der Waals surface area contributed by atoms with Crippen LogP contribution >= 0.6 is 0 Å². The monoisotopic (exact) mass is 282 g/mol. The Balaban J connectivity index is 1.67. The molecule has 1 aromatic heterocycles. The maximum atomic E-state index is 12.5. The van der Waals surface area contributed by atoms with Gasteiger partial charge in [-0.3, -0.25) is 9.48 Å². The minimum absolute atomic E-state index is 0.206. The first-order chi connectivity index (χ1) is 10.2. The number of rotatable bonds is 6. The van der Waals surface area contributed by atoms with Gasteiger partial charge in [-0.2, -0.15) is 5.10 Å². The molecular weight excluding hydrogens is 260 g/mol. The Morgan fingerprint density at radius 3 is 2.71 bits per heavy atom. The summed E-state index contributed by atoms with van der Waals surface area (Å²) in [6.07, 6.45) is 2.45. The molecule has 1 aliphatic carbocycles. The van der Waals surface area contributed by atoms with E-state index in [1.165, 1.54) is 5.56 Å². The summed E-state index contributed by atoms with van der Waals surface area (Å²) in [5.41, 5.74) is 3.45. The molecule has 3 nitrogen and oxygen atoms in total. The molecule has 0 amide bonds. The molecule has 1 aromatic carbocycles. The Morgan fingerprint density at radius 2 is 2.05 bits per heavy atom. The normalized spacial score (nSPS) is 20.5. The highest BCUT2D eigenvalue weighted by molar-refractivity contribution is 5.86. The molecule has 1 heterocycles. The molecule has 0 radical (unpaired) electrons. The Bertz CT molecular complexity index is 630. The predicted octanol–water partition coefficient (Wildman–Crippen LogP) is 3.38. The van der Waals surface area contributed by atoms with Gasteiger partial charge in [0.25, 0.3) is 0 Å². The van der Waals surface area contributed by atoms with Crippen LogP contribution in [0.1, 0.15) is 43.1 Å². The van der Waals surface area contributed by atoms with E-state index >= 15 is 0 Å². The van der Waals surface area contributed by atoms with Gasteiger partial charge in [0.2, 0.25) is 0 Å². The van der Waals surface area contributed by atoms with Crippen molar-refractivity contribution in [1.82, 2.24) is 9.78 Å². The van der Waals surface area contributed by atoms with Gasteiger partial charge in [0.05, 0.1) is 5.69 Å². The summed E-state index contributed by atoms with van der Waals surface area (Å²) in [5.74, 6) is 1.00. The summed E-state index contributed by atoms with van der Waals surface area (Å²) in [6, 6.07) is 12.5. The second-order valence-electron chi connectivity index (χ2n) is 5.80. The first-order valence-electron chi connectivity index (χ1n) is 7.86. The summed E-state index contributed by atoms with van der Waals surface area (Å²) < 4.78 is 1.97. The smallest absolute Gasteiger partial charge is 0.142 e. The van der Waals surface area contributed by atoms with Crippen LogP contribution in [-0.4, -0.2) is 15.6 Å². The van der Waals surface area contributed by atoms with Gasteiger partial charge in [-0.05, 0) is 37.3 Å². The van der Waals surface area contributed by atoms with E-state index in [9.17, 15) is 4.79 Å². The van der Waals surface area contributed by atoms with Gasteiger partial charge >= 0.3 is 0 Å². The highest BCUT2D eigenvalue weighted by Gasteiger charge is 2.43. The summed E-state index contributed by atoms with van der Waals surface area (Å²) in [6.45, 7) is 5.00. The quantitative estimate of drug-likeness (QED) is 0.814. The van der Waals surface area contributed by atoms with Gasteiger partial charge in [-0.15, -0.1) is 0 Å². The molecule has 2 unspecified atom stereocenters. The van der Waals surface area contributed by atoms with Crippen LogP contribution in [0.15, 0.2) is 36.4 Å². The van der Waals surface area contributed by atoms with E-state index in [4.69, 9.17) is 0 Å². The van der Waals surface area contributed by atoms with Crippen LogP contribution in [0.3, 0.4) is 0 Å². The minimum atomic E-state index is 0.206. The van der Waals surface area contributed by atoms with Crippen LogP contribution in [0.25, 0.3) is 0 Å². The second kappa shape index (κ2) is 5.84. The van der Waals surface area contributed by atoms with Crippen molar-refractivity contribution in [2.75, 3.05) is 0 Å². The van der Waals surface area contributed by atoms with Crippen molar-refractivity contribution >= 4 is 5.78 Å². The lowest BCUT2D eigenvalue weighted by atomic mass is 10.0. The van der Waals surface area contributed by atoms with E-state index in [2.05, 4.69) is 49.3 Å². The first kappa shape index (κ1) is 14.1. The number of benzene rings is 1. The van der Waals surface area contributed by atoms with Gasteiger partial charge in [0, 0.05) is 24.6 Å². The van der Waals surface area contributed by atoms with Crippen LogP contribution in [0, 0.1) is 5.92 Å². The zero-order chi connectivity index (χ0) is 14.8. The first-order valence-corrected chi connectivity index (χ1v) is 7.86. The van der Waals surface area contributed by atoms with E-state index in [-0.39, 0.29) is 5.92 Å². The fraction of sp³-hybridized carbons (Fsp3) is 0.444. The van der Waals surface area contributed by atoms with E-state index in [1.54, 1.807) is 0 Å². The third-order valence-corrected chi connectivity index (χ3v) is 4.36.